The summed E-state index contributed by atoms with van der Waals surface area (Å²) in [5.41, 5.74) is 2.11. The minimum Gasteiger partial charge on any atom is -0.497 e. The molecule has 9 heteroatoms. The third-order valence-electron chi connectivity index (χ3n) is 3.74. The third-order valence-corrected chi connectivity index (χ3v) is 6.04. The summed E-state index contributed by atoms with van der Waals surface area (Å²) in [7, 11) is 1.60. The van der Waals surface area contributed by atoms with Crippen LogP contribution in [0.5, 0.6) is 5.75 Å². The molecule has 0 atom stereocenters. The van der Waals surface area contributed by atoms with Gasteiger partial charge in [0.2, 0.25) is 5.91 Å². The highest BCUT2D eigenvalue weighted by molar-refractivity contribution is 9.10. The number of methoxy groups -OCH3 is 1. The maximum Gasteiger partial charge on any atom is 0.257 e. The van der Waals surface area contributed by atoms with E-state index in [4.69, 9.17) is 4.74 Å². The topological polar surface area (TPSA) is 80.3 Å². The van der Waals surface area contributed by atoms with Crippen LogP contribution in [0.3, 0.4) is 0 Å². The number of nitrogens with one attached hydrogen (secondary N) is 2. The highest BCUT2D eigenvalue weighted by Crippen LogP contribution is 2.21. The lowest BCUT2D eigenvalue weighted by atomic mass is 10.2. The molecule has 3 aromatic rings. The highest BCUT2D eigenvalue weighted by Gasteiger charge is 2.10. The van der Waals surface area contributed by atoms with Crippen LogP contribution >= 0.6 is 39.0 Å². The number of amides is 2. The molecule has 2 aromatic carbocycles. The average Bonchev–Trinajstić information content (AvgIpc) is 3.16. The second-order valence-corrected chi connectivity index (χ2v) is 8.63. The number of rotatable bonds is 8. The Morgan fingerprint density at radius 2 is 1.83 bits per heavy atom. The van der Waals surface area contributed by atoms with Crippen LogP contribution in [0.15, 0.2) is 58.4 Å². The van der Waals surface area contributed by atoms with Gasteiger partial charge < -0.3 is 10.1 Å². The van der Waals surface area contributed by atoms with Gasteiger partial charge in [-0.05, 0) is 48.5 Å². The van der Waals surface area contributed by atoms with Crippen molar-refractivity contribution in [1.29, 1.82) is 0 Å². The van der Waals surface area contributed by atoms with Gasteiger partial charge in [-0.1, -0.05) is 15.9 Å². The van der Waals surface area contributed by atoms with Gasteiger partial charge in [-0.3, -0.25) is 14.9 Å². The number of thiazole rings is 1. The zero-order valence-electron chi connectivity index (χ0n) is 15.5. The highest BCUT2D eigenvalue weighted by atomic mass is 79.9. The molecule has 29 heavy (non-hydrogen) atoms. The molecule has 1 aromatic heterocycles. The van der Waals surface area contributed by atoms with Crippen LogP contribution in [0.25, 0.3) is 0 Å². The Morgan fingerprint density at radius 1 is 1.10 bits per heavy atom. The quantitative estimate of drug-likeness (QED) is 0.461. The van der Waals surface area contributed by atoms with Gasteiger partial charge in [0.15, 0.2) is 5.13 Å². The smallest absolute Gasteiger partial charge is 0.257 e. The zero-order valence-corrected chi connectivity index (χ0v) is 18.7. The lowest BCUT2D eigenvalue weighted by Crippen LogP contribution is -2.14. The van der Waals surface area contributed by atoms with Gasteiger partial charge in [0.25, 0.3) is 5.91 Å². The normalized spacial score (nSPS) is 10.4. The average molecular weight is 492 g/mol. The number of hydrogen-bond acceptors (Lipinski definition) is 6. The van der Waals surface area contributed by atoms with Crippen LogP contribution in [0.2, 0.25) is 0 Å². The molecule has 0 fully saturated rings. The van der Waals surface area contributed by atoms with E-state index in [1.807, 2.05) is 17.5 Å². The largest absolute Gasteiger partial charge is 0.497 e. The van der Waals surface area contributed by atoms with Crippen LogP contribution in [0, 0.1) is 0 Å². The number of carbonyl (C=O) groups is 2. The summed E-state index contributed by atoms with van der Waals surface area (Å²) in [5.74, 6) is 1.35. The molecule has 0 unspecified atom stereocenters. The number of benzene rings is 2. The molecule has 0 saturated heterocycles. The lowest BCUT2D eigenvalue weighted by molar-refractivity contribution is -0.113. The van der Waals surface area contributed by atoms with Crippen molar-refractivity contribution in [2.45, 2.75) is 5.75 Å². The second-order valence-electron chi connectivity index (χ2n) is 5.87. The van der Waals surface area contributed by atoms with Crippen molar-refractivity contribution in [3.8, 4) is 5.75 Å². The number of halogens is 1. The Labute approximate surface area is 185 Å². The van der Waals surface area contributed by atoms with Gasteiger partial charge in [0.1, 0.15) is 5.75 Å². The van der Waals surface area contributed by atoms with Crippen molar-refractivity contribution in [1.82, 2.24) is 4.98 Å². The standard InChI is InChI=1S/C20H18BrN3O3S2/c1-27-17-8-6-15(7-9-17)22-18(25)12-28-10-16-11-29-20(23-16)24-19(26)13-2-4-14(21)5-3-13/h2-9,11H,10,12H2,1H3,(H,22,25)(H,23,24,26). The summed E-state index contributed by atoms with van der Waals surface area (Å²) < 4.78 is 6.01. The summed E-state index contributed by atoms with van der Waals surface area (Å²) in [6.07, 6.45) is 0. The monoisotopic (exact) mass is 491 g/mol. The van der Waals surface area contributed by atoms with Crippen molar-refractivity contribution in [3.63, 3.8) is 0 Å². The first kappa shape index (κ1) is 21.4. The van der Waals surface area contributed by atoms with E-state index in [0.29, 0.717) is 22.2 Å². The summed E-state index contributed by atoms with van der Waals surface area (Å²) >= 11 is 6.17. The predicted octanol–water partition coefficient (Wildman–Crippen LogP) is 5.04. The van der Waals surface area contributed by atoms with E-state index in [1.54, 1.807) is 43.5 Å². The summed E-state index contributed by atoms with van der Waals surface area (Å²) in [6, 6.07) is 14.3. The van der Waals surface area contributed by atoms with Gasteiger partial charge in [-0.15, -0.1) is 23.1 Å². The van der Waals surface area contributed by atoms with Crippen LogP contribution in [-0.2, 0) is 10.5 Å². The van der Waals surface area contributed by atoms with E-state index >= 15 is 0 Å². The number of aromatic nitrogens is 1. The number of hydrogen-bond donors (Lipinski definition) is 2. The molecule has 3 rings (SSSR count). The summed E-state index contributed by atoms with van der Waals surface area (Å²) in [4.78, 5) is 28.7. The molecule has 0 spiro atoms. The molecule has 0 aliphatic heterocycles. The fraction of sp³-hybridized carbons (Fsp3) is 0.150. The van der Waals surface area contributed by atoms with E-state index in [0.717, 1.165) is 21.6 Å². The van der Waals surface area contributed by atoms with Crippen molar-refractivity contribution in [2.24, 2.45) is 0 Å². The molecule has 0 saturated carbocycles. The minimum atomic E-state index is -0.204. The van der Waals surface area contributed by atoms with Crippen molar-refractivity contribution >= 4 is 61.7 Å². The number of nitrogens with zero attached hydrogens (tertiary/aromatic N) is 1. The molecule has 0 aliphatic rings. The molecule has 0 aliphatic carbocycles. The first-order valence-electron chi connectivity index (χ1n) is 8.56. The molecule has 2 amide bonds. The number of anilines is 2. The fourth-order valence-corrected chi connectivity index (χ4v) is 4.11. The summed E-state index contributed by atoms with van der Waals surface area (Å²) in [6.45, 7) is 0. The number of ether oxygens (including phenoxy) is 1. The van der Waals surface area contributed by atoms with E-state index in [1.165, 1.54) is 23.1 Å². The Kier molecular flexibility index (Phi) is 7.68. The molecule has 150 valence electrons. The molecular formula is C20H18BrN3O3S2. The van der Waals surface area contributed by atoms with E-state index in [9.17, 15) is 9.59 Å². The Morgan fingerprint density at radius 3 is 2.52 bits per heavy atom. The minimum absolute atomic E-state index is 0.0841. The summed E-state index contributed by atoms with van der Waals surface area (Å²) in [5, 5.41) is 8.05. The van der Waals surface area contributed by atoms with Gasteiger partial charge in [0, 0.05) is 26.9 Å². The van der Waals surface area contributed by atoms with Gasteiger partial charge in [-0.25, -0.2) is 4.98 Å². The van der Waals surface area contributed by atoms with Gasteiger partial charge >= 0.3 is 0 Å². The molecular weight excluding hydrogens is 474 g/mol. The maximum atomic E-state index is 12.2. The third kappa shape index (κ3) is 6.59. The molecule has 1 heterocycles. The van der Waals surface area contributed by atoms with Gasteiger partial charge in [-0.2, -0.15) is 0 Å². The van der Waals surface area contributed by atoms with Gasteiger partial charge in [0.05, 0.1) is 18.6 Å². The predicted molar refractivity (Wildman–Crippen MR) is 122 cm³/mol. The Balaban J connectivity index is 1.43. The first-order valence-corrected chi connectivity index (χ1v) is 11.4. The SMILES string of the molecule is COc1ccc(NC(=O)CSCc2csc(NC(=O)c3ccc(Br)cc3)n2)cc1. The van der Waals surface area contributed by atoms with Crippen molar-refractivity contribution in [3.05, 3.63) is 69.6 Å². The molecule has 0 radical (unpaired) electrons. The maximum absolute atomic E-state index is 12.2. The fourth-order valence-electron chi connectivity index (χ4n) is 2.32. The second kappa shape index (κ2) is 10.4. The number of thioether (sulfide) groups is 1. The Bertz CT molecular complexity index is 975. The van der Waals surface area contributed by atoms with E-state index in [-0.39, 0.29) is 11.8 Å². The van der Waals surface area contributed by atoms with Crippen LogP contribution in [0.1, 0.15) is 16.1 Å². The Hall–Kier alpha value is -2.36. The molecule has 0 bridgehead atoms. The zero-order chi connectivity index (χ0) is 20.6. The van der Waals surface area contributed by atoms with Crippen molar-refractivity contribution in [2.75, 3.05) is 23.5 Å². The first-order chi connectivity index (χ1) is 14.0. The van der Waals surface area contributed by atoms with Crippen LogP contribution in [0.4, 0.5) is 10.8 Å². The van der Waals surface area contributed by atoms with Crippen LogP contribution < -0.4 is 15.4 Å². The van der Waals surface area contributed by atoms with E-state index < -0.39 is 0 Å². The molecule has 6 nitrogen and oxygen atoms in total. The van der Waals surface area contributed by atoms with Crippen molar-refractivity contribution < 1.29 is 14.3 Å². The van der Waals surface area contributed by atoms with E-state index in [2.05, 4.69) is 31.5 Å². The van der Waals surface area contributed by atoms with Crippen LogP contribution in [-0.4, -0.2) is 29.7 Å². The number of carbonyl (C=O) groups excluding carboxylic acids is 2. The lowest BCUT2D eigenvalue weighted by Gasteiger charge is -2.06. The molecule has 2 N–H and O–H groups in total.